The molecule has 0 radical (unpaired) electrons. The van der Waals surface area contributed by atoms with Crippen LogP contribution in [0.3, 0.4) is 0 Å². The van der Waals surface area contributed by atoms with E-state index in [-0.39, 0.29) is 0 Å². The number of aromatic nitrogens is 3. The molecule has 1 saturated carbocycles. The minimum absolute atomic E-state index is 0.438. The van der Waals surface area contributed by atoms with E-state index < -0.39 is 0 Å². The summed E-state index contributed by atoms with van der Waals surface area (Å²) in [4.78, 5) is 4.45. The lowest BCUT2D eigenvalue weighted by atomic mass is 9.93. The molecule has 0 aliphatic heterocycles. The zero-order valence-corrected chi connectivity index (χ0v) is 11.9. The van der Waals surface area contributed by atoms with Crippen molar-refractivity contribution in [3.05, 3.63) is 12.2 Å². The normalized spacial score (nSPS) is 18.8. The smallest absolute Gasteiger partial charge is 0.138 e. The van der Waals surface area contributed by atoms with Crippen molar-refractivity contribution in [3.63, 3.8) is 0 Å². The monoisotopic (exact) mass is 250 g/mol. The SMILES string of the molecule is CCCNC(C)C1(Cc2ncnn2CCC)CC1. The highest BCUT2D eigenvalue weighted by Crippen LogP contribution is 2.51. The third-order valence-electron chi connectivity index (χ3n) is 4.15. The van der Waals surface area contributed by atoms with E-state index in [2.05, 4.69) is 40.9 Å². The molecule has 4 nitrogen and oxygen atoms in total. The average molecular weight is 250 g/mol. The third-order valence-corrected chi connectivity index (χ3v) is 4.15. The summed E-state index contributed by atoms with van der Waals surface area (Å²) in [6, 6.07) is 0.587. The lowest BCUT2D eigenvalue weighted by molar-refractivity contribution is 0.338. The van der Waals surface area contributed by atoms with Gasteiger partial charge in [-0.1, -0.05) is 13.8 Å². The van der Waals surface area contributed by atoms with E-state index in [1.165, 1.54) is 25.1 Å². The first-order valence-corrected chi connectivity index (χ1v) is 7.32. The van der Waals surface area contributed by atoms with Gasteiger partial charge in [-0.15, -0.1) is 0 Å². The largest absolute Gasteiger partial charge is 0.314 e. The van der Waals surface area contributed by atoms with E-state index in [1.54, 1.807) is 6.33 Å². The van der Waals surface area contributed by atoms with Gasteiger partial charge in [-0.25, -0.2) is 4.98 Å². The van der Waals surface area contributed by atoms with Gasteiger partial charge in [-0.2, -0.15) is 5.10 Å². The lowest BCUT2D eigenvalue weighted by Crippen LogP contribution is -2.37. The van der Waals surface area contributed by atoms with Gasteiger partial charge in [0.05, 0.1) is 0 Å². The van der Waals surface area contributed by atoms with Gasteiger partial charge < -0.3 is 5.32 Å². The summed E-state index contributed by atoms with van der Waals surface area (Å²) in [6.07, 6.45) is 7.74. The number of rotatable bonds is 8. The highest BCUT2D eigenvalue weighted by molar-refractivity contribution is 5.06. The van der Waals surface area contributed by atoms with Gasteiger partial charge in [0.2, 0.25) is 0 Å². The van der Waals surface area contributed by atoms with E-state index in [9.17, 15) is 0 Å². The molecular weight excluding hydrogens is 224 g/mol. The minimum atomic E-state index is 0.438. The Kier molecular flexibility index (Phi) is 4.38. The van der Waals surface area contributed by atoms with Gasteiger partial charge in [0.1, 0.15) is 12.2 Å². The summed E-state index contributed by atoms with van der Waals surface area (Å²) >= 11 is 0. The second-order valence-electron chi connectivity index (χ2n) is 5.61. The molecule has 0 bridgehead atoms. The van der Waals surface area contributed by atoms with E-state index in [0.29, 0.717) is 11.5 Å². The Morgan fingerprint density at radius 1 is 1.39 bits per heavy atom. The molecule has 1 N–H and O–H groups in total. The Labute approximate surface area is 110 Å². The molecule has 0 saturated heterocycles. The number of nitrogens with one attached hydrogen (secondary N) is 1. The highest BCUT2D eigenvalue weighted by atomic mass is 15.3. The molecular formula is C14H26N4. The van der Waals surface area contributed by atoms with Crippen LogP contribution in [0.5, 0.6) is 0 Å². The van der Waals surface area contributed by atoms with Crippen LogP contribution in [0.2, 0.25) is 0 Å². The van der Waals surface area contributed by atoms with Crippen LogP contribution < -0.4 is 5.32 Å². The van der Waals surface area contributed by atoms with Crippen molar-refractivity contribution in [1.82, 2.24) is 20.1 Å². The van der Waals surface area contributed by atoms with Crippen molar-refractivity contribution in [2.24, 2.45) is 5.41 Å². The molecule has 102 valence electrons. The zero-order chi connectivity index (χ0) is 13.0. The third kappa shape index (κ3) is 2.91. The van der Waals surface area contributed by atoms with Gasteiger partial charge in [0.15, 0.2) is 0 Å². The Hall–Kier alpha value is -0.900. The molecule has 1 atom stereocenters. The summed E-state index contributed by atoms with van der Waals surface area (Å²) < 4.78 is 2.08. The number of nitrogens with zero attached hydrogens (tertiary/aromatic N) is 3. The van der Waals surface area contributed by atoms with E-state index in [0.717, 1.165) is 25.9 Å². The second kappa shape index (κ2) is 5.83. The number of hydrogen-bond acceptors (Lipinski definition) is 3. The first-order valence-electron chi connectivity index (χ1n) is 7.32. The maximum atomic E-state index is 4.45. The van der Waals surface area contributed by atoms with Crippen molar-refractivity contribution >= 4 is 0 Å². The maximum Gasteiger partial charge on any atom is 0.138 e. The first kappa shape index (κ1) is 13.5. The van der Waals surface area contributed by atoms with Crippen LogP contribution in [0, 0.1) is 5.41 Å². The fraction of sp³-hybridized carbons (Fsp3) is 0.857. The molecule has 0 spiro atoms. The van der Waals surface area contributed by atoms with Gasteiger partial charge in [-0.05, 0) is 44.6 Å². The van der Waals surface area contributed by atoms with Crippen molar-refractivity contribution in [2.45, 2.75) is 65.5 Å². The zero-order valence-electron chi connectivity index (χ0n) is 11.9. The van der Waals surface area contributed by atoms with Crippen LogP contribution in [0.15, 0.2) is 6.33 Å². The Bertz CT molecular complexity index is 368. The second-order valence-corrected chi connectivity index (χ2v) is 5.61. The standard InChI is InChI=1S/C14H26N4/c1-4-8-15-12(3)14(6-7-14)10-13-16-11-17-18(13)9-5-2/h11-12,15H,4-10H2,1-3H3. The Balaban J connectivity index is 1.97. The predicted octanol–water partition coefficient (Wildman–Crippen LogP) is 2.40. The highest BCUT2D eigenvalue weighted by Gasteiger charge is 2.47. The van der Waals surface area contributed by atoms with Crippen LogP contribution >= 0.6 is 0 Å². The number of hydrogen-bond donors (Lipinski definition) is 1. The summed E-state index contributed by atoms with van der Waals surface area (Å²) in [6.45, 7) is 8.83. The Morgan fingerprint density at radius 2 is 2.17 bits per heavy atom. The molecule has 1 aliphatic carbocycles. The van der Waals surface area contributed by atoms with Crippen LogP contribution in [0.25, 0.3) is 0 Å². The molecule has 0 amide bonds. The fourth-order valence-corrected chi connectivity index (χ4v) is 2.64. The predicted molar refractivity (Wildman–Crippen MR) is 73.4 cm³/mol. The molecule has 1 heterocycles. The quantitative estimate of drug-likeness (QED) is 0.770. The summed E-state index contributed by atoms with van der Waals surface area (Å²) in [5.41, 5.74) is 0.438. The van der Waals surface area contributed by atoms with Crippen molar-refractivity contribution < 1.29 is 0 Å². The molecule has 1 aromatic heterocycles. The number of aryl methyl sites for hydroxylation is 1. The van der Waals surface area contributed by atoms with Crippen LogP contribution in [0.4, 0.5) is 0 Å². The minimum Gasteiger partial charge on any atom is -0.314 e. The van der Waals surface area contributed by atoms with E-state index in [1.807, 2.05) is 0 Å². The van der Waals surface area contributed by atoms with Crippen molar-refractivity contribution in [1.29, 1.82) is 0 Å². The molecule has 1 aliphatic rings. The lowest BCUT2D eigenvalue weighted by Gasteiger charge is -2.24. The van der Waals surface area contributed by atoms with Gasteiger partial charge in [-0.3, -0.25) is 4.68 Å². The maximum absolute atomic E-state index is 4.45. The van der Waals surface area contributed by atoms with Gasteiger partial charge in [0, 0.05) is 19.0 Å². The first-order chi connectivity index (χ1) is 8.72. The fourth-order valence-electron chi connectivity index (χ4n) is 2.64. The van der Waals surface area contributed by atoms with Gasteiger partial charge in [0.25, 0.3) is 0 Å². The average Bonchev–Trinajstić information content (AvgIpc) is 3.03. The van der Waals surface area contributed by atoms with E-state index in [4.69, 9.17) is 0 Å². The van der Waals surface area contributed by atoms with Crippen LogP contribution in [-0.2, 0) is 13.0 Å². The summed E-state index contributed by atoms with van der Waals surface area (Å²) in [5.74, 6) is 1.17. The van der Waals surface area contributed by atoms with Crippen molar-refractivity contribution in [3.8, 4) is 0 Å². The molecule has 18 heavy (non-hydrogen) atoms. The van der Waals surface area contributed by atoms with Crippen molar-refractivity contribution in [2.75, 3.05) is 6.54 Å². The van der Waals surface area contributed by atoms with Gasteiger partial charge >= 0.3 is 0 Å². The Morgan fingerprint density at radius 3 is 2.78 bits per heavy atom. The van der Waals surface area contributed by atoms with Crippen LogP contribution in [-0.4, -0.2) is 27.4 Å². The summed E-state index contributed by atoms with van der Waals surface area (Å²) in [5, 5.41) is 7.97. The summed E-state index contributed by atoms with van der Waals surface area (Å²) in [7, 11) is 0. The molecule has 1 aromatic rings. The van der Waals surface area contributed by atoms with Crippen LogP contribution in [0.1, 0.15) is 52.3 Å². The topological polar surface area (TPSA) is 42.7 Å². The molecule has 1 unspecified atom stereocenters. The molecule has 0 aromatic carbocycles. The molecule has 1 fully saturated rings. The molecule has 2 rings (SSSR count). The van der Waals surface area contributed by atoms with E-state index >= 15 is 0 Å². The molecule has 4 heteroatoms.